The van der Waals surface area contributed by atoms with E-state index in [-0.39, 0.29) is 34.7 Å². The molecule has 1 fully saturated rings. The smallest absolute Gasteiger partial charge is 0.376 e. The van der Waals surface area contributed by atoms with Gasteiger partial charge in [-0.15, -0.1) is 0 Å². The number of pyridine rings is 1. The van der Waals surface area contributed by atoms with E-state index >= 15 is 0 Å². The Hall–Kier alpha value is -2.94. The van der Waals surface area contributed by atoms with Crippen molar-refractivity contribution in [1.82, 2.24) is 9.88 Å². The predicted octanol–water partition coefficient (Wildman–Crippen LogP) is 4.14. The summed E-state index contributed by atoms with van der Waals surface area (Å²) < 4.78 is 39.2. The first-order valence-corrected chi connectivity index (χ1v) is 10.9. The summed E-state index contributed by atoms with van der Waals surface area (Å²) in [6.07, 6.45) is 0.109. The summed E-state index contributed by atoms with van der Waals surface area (Å²) in [5, 5.41) is 9.82. The van der Waals surface area contributed by atoms with Gasteiger partial charge in [0.2, 0.25) is 0 Å². The molecular formula is C24H28F3N3O3. The molecule has 1 saturated carbocycles. The second-order valence-electron chi connectivity index (χ2n) is 8.58. The number of carbonyl (C=O) groups is 2. The number of benzene rings is 1. The molecule has 0 unspecified atom stereocenters. The molecule has 0 bridgehead atoms. The maximum atomic E-state index is 13.1. The van der Waals surface area contributed by atoms with Crippen molar-refractivity contribution in [1.29, 1.82) is 0 Å². The Morgan fingerprint density at radius 3 is 2.15 bits per heavy atom. The number of aromatic nitrogens is 1. The van der Waals surface area contributed by atoms with E-state index in [1.165, 1.54) is 12.1 Å². The summed E-state index contributed by atoms with van der Waals surface area (Å²) in [6, 6.07) is 8.46. The maximum absolute atomic E-state index is 13.1. The van der Waals surface area contributed by atoms with Crippen LogP contribution < -0.4 is 5.73 Å². The van der Waals surface area contributed by atoms with Crippen molar-refractivity contribution in [2.24, 2.45) is 5.73 Å². The average Bonchev–Trinajstić information content (AvgIpc) is 2.79. The third kappa shape index (κ3) is 5.19. The Kier molecular flexibility index (Phi) is 7.11. The zero-order chi connectivity index (χ0) is 24.4. The standard InChI is InChI=1S/C24H28F3N3O3/c1-3-30(22(32)16-4-9-18(10-5-16)23(2,33)24(25,26)27)19-11-6-15(7-12-19)17-8-13-20(21(28)31)29-14-17/h4-5,8-10,13-15,19,33H,3,6-7,11-12H2,1-2H3,(H2,28,31)/t15-,19-,23-/m0/s1. The molecule has 1 aromatic carbocycles. The van der Waals surface area contributed by atoms with Gasteiger partial charge in [-0.3, -0.25) is 14.6 Å². The van der Waals surface area contributed by atoms with Crippen molar-refractivity contribution in [2.45, 2.75) is 63.3 Å². The van der Waals surface area contributed by atoms with Crippen molar-refractivity contribution >= 4 is 11.8 Å². The average molecular weight is 464 g/mol. The van der Waals surface area contributed by atoms with E-state index in [0.717, 1.165) is 43.4 Å². The molecule has 1 atom stereocenters. The number of hydrogen-bond acceptors (Lipinski definition) is 4. The van der Waals surface area contributed by atoms with Crippen LogP contribution in [0.1, 0.15) is 77.4 Å². The number of amides is 2. The van der Waals surface area contributed by atoms with Crippen LogP contribution in [0.2, 0.25) is 0 Å². The van der Waals surface area contributed by atoms with Gasteiger partial charge in [-0.25, -0.2) is 0 Å². The third-order valence-electron chi connectivity index (χ3n) is 6.50. The van der Waals surface area contributed by atoms with Gasteiger partial charge in [0.1, 0.15) is 5.69 Å². The summed E-state index contributed by atoms with van der Waals surface area (Å²) in [5.41, 5.74) is 3.47. The fraction of sp³-hybridized carbons (Fsp3) is 0.458. The number of nitrogens with two attached hydrogens (primary N) is 1. The first kappa shape index (κ1) is 24.7. The fourth-order valence-corrected chi connectivity index (χ4v) is 4.35. The largest absolute Gasteiger partial charge is 0.421 e. The lowest BCUT2D eigenvalue weighted by atomic mass is 9.81. The van der Waals surface area contributed by atoms with E-state index in [4.69, 9.17) is 5.73 Å². The van der Waals surface area contributed by atoms with Crippen LogP contribution in [0.3, 0.4) is 0 Å². The first-order chi connectivity index (χ1) is 15.5. The van der Waals surface area contributed by atoms with Crippen LogP contribution in [-0.2, 0) is 5.60 Å². The molecule has 178 valence electrons. The number of carbonyl (C=O) groups excluding carboxylic acids is 2. The van der Waals surface area contributed by atoms with E-state index in [2.05, 4.69) is 4.98 Å². The number of primary amides is 1. The van der Waals surface area contributed by atoms with E-state index in [1.807, 2.05) is 13.0 Å². The minimum Gasteiger partial charge on any atom is -0.376 e. The van der Waals surface area contributed by atoms with E-state index in [1.54, 1.807) is 17.2 Å². The molecule has 9 heteroatoms. The zero-order valence-electron chi connectivity index (χ0n) is 18.6. The van der Waals surface area contributed by atoms with Crippen molar-refractivity contribution in [3.05, 3.63) is 65.0 Å². The van der Waals surface area contributed by atoms with Crippen LogP contribution in [0.4, 0.5) is 13.2 Å². The van der Waals surface area contributed by atoms with Crippen LogP contribution in [0, 0.1) is 0 Å². The molecule has 0 radical (unpaired) electrons. The molecule has 2 aromatic rings. The lowest BCUT2D eigenvalue weighted by Crippen LogP contribution is -2.42. The minimum absolute atomic E-state index is 0.0227. The number of aliphatic hydroxyl groups is 1. The highest BCUT2D eigenvalue weighted by molar-refractivity contribution is 5.94. The van der Waals surface area contributed by atoms with Crippen molar-refractivity contribution in [3.8, 4) is 0 Å². The van der Waals surface area contributed by atoms with E-state index in [0.29, 0.717) is 13.5 Å². The van der Waals surface area contributed by atoms with Gasteiger partial charge in [0, 0.05) is 24.3 Å². The normalized spacial score (nSPS) is 20.7. The van der Waals surface area contributed by atoms with Gasteiger partial charge >= 0.3 is 6.18 Å². The first-order valence-electron chi connectivity index (χ1n) is 10.9. The summed E-state index contributed by atoms with van der Waals surface area (Å²) in [4.78, 5) is 30.1. The second-order valence-corrected chi connectivity index (χ2v) is 8.58. The third-order valence-corrected chi connectivity index (χ3v) is 6.50. The molecule has 2 amide bonds. The molecule has 0 saturated heterocycles. The lowest BCUT2D eigenvalue weighted by Gasteiger charge is -2.36. The number of halogens is 3. The Labute approximate surface area is 190 Å². The molecule has 1 aliphatic carbocycles. The van der Waals surface area contributed by atoms with Crippen LogP contribution in [0.5, 0.6) is 0 Å². The Morgan fingerprint density at radius 1 is 1.09 bits per heavy atom. The van der Waals surface area contributed by atoms with Gasteiger partial charge in [-0.05, 0) is 74.8 Å². The van der Waals surface area contributed by atoms with Gasteiger partial charge in [-0.1, -0.05) is 18.2 Å². The van der Waals surface area contributed by atoms with E-state index < -0.39 is 17.7 Å². The molecule has 3 N–H and O–H groups in total. The highest BCUT2D eigenvalue weighted by atomic mass is 19.4. The van der Waals surface area contributed by atoms with Gasteiger partial charge in [0.05, 0.1) is 0 Å². The monoisotopic (exact) mass is 463 g/mol. The Bertz CT molecular complexity index is 981. The molecular weight excluding hydrogens is 435 g/mol. The van der Waals surface area contributed by atoms with Crippen LogP contribution in [0.15, 0.2) is 42.6 Å². The SMILES string of the molecule is CCN(C(=O)c1ccc([C@](C)(O)C(F)(F)F)cc1)[C@H]1CC[C@H](c2ccc(C(N)=O)nc2)CC1. The minimum atomic E-state index is -4.82. The van der Waals surface area contributed by atoms with Gasteiger partial charge in [0.15, 0.2) is 5.60 Å². The fourth-order valence-electron chi connectivity index (χ4n) is 4.35. The van der Waals surface area contributed by atoms with Crippen molar-refractivity contribution in [3.63, 3.8) is 0 Å². The molecule has 1 aliphatic rings. The second kappa shape index (κ2) is 9.51. The molecule has 6 nitrogen and oxygen atoms in total. The number of nitrogens with zero attached hydrogens (tertiary/aromatic N) is 2. The number of alkyl halides is 3. The van der Waals surface area contributed by atoms with Crippen LogP contribution >= 0.6 is 0 Å². The lowest BCUT2D eigenvalue weighted by molar-refractivity contribution is -0.258. The zero-order valence-corrected chi connectivity index (χ0v) is 18.6. The number of rotatable bonds is 6. The van der Waals surface area contributed by atoms with Crippen molar-refractivity contribution < 1.29 is 27.9 Å². The summed E-state index contributed by atoms with van der Waals surface area (Å²) in [6.45, 7) is 3.04. The molecule has 3 rings (SSSR count). The predicted molar refractivity (Wildman–Crippen MR) is 117 cm³/mol. The molecule has 0 spiro atoms. The highest BCUT2D eigenvalue weighted by Gasteiger charge is 2.51. The summed E-state index contributed by atoms with van der Waals surface area (Å²) in [7, 11) is 0. The maximum Gasteiger partial charge on any atom is 0.421 e. The number of hydrogen-bond donors (Lipinski definition) is 2. The van der Waals surface area contributed by atoms with Crippen LogP contribution in [0.25, 0.3) is 0 Å². The van der Waals surface area contributed by atoms with Gasteiger partial charge < -0.3 is 15.7 Å². The van der Waals surface area contributed by atoms with E-state index in [9.17, 15) is 27.9 Å². The molecule has 33 heavy (non-hydrogen) atoms. The Morgan fingerprint density at radius 2 is 1.70 bits per heavy atom. The van der Waals surface area contributed by atoms with Gasteiger partial charge in [-0.2, -0.15) is 13.2 Å². The van der Waals surface area contributed by atoms with Crippen LogP contribution in [-0.4, -0.2) is 45.6 Å². The molecule has 1 aromatic heterocycles. The highest BCUT2D eigenvalue weighted by Crippen LogP contribution is 2.39. The quantitative estimate of drug-likeness (QED) is 0.673. The Balaban J connectivity index is 1.66. The van der Waals surface area contributed by atoms with Crippen molar-refractivity contribution in [2.75, 3.05) is 6.54 Å². The summed E-state index contributed by atoms with van der Waals surface area (Å²) in [5.74, 6) is -0.544. The molecule has 1 heterocycles. The topological polar surface area (TPSA) is 96.5 Å². The summed E-state index contributed by atoms with van der Waals surface area (Å²) >= 11 is 0. The van der Waals surface area contributed by atoms with Gasteiger partial charge in [0.25, 0.3) is 11.8 Å². The molecule has 0 aliphatic heterocycles.